The highest BCUT2D eigenvalue weighted by Gasteiger charge is 2.31. The summed E-state index contributed by atoms with van der Waals surface area (Å²) in [5, 5.41) is 12.3. The van der Waals surface area contributed by atoms with Crippen LogP contribution in [0, 0.1) is 6.92 Å². The molecule has 2 aromatic heterocycles. The molecular weight excluding hydrogens is 498 g/mol. The van der Waals surface area contributed by atoms with Gasteiger partial charge in [0.15, 0.2) is 17.5 Å². The van der Waals surface area contributed by atoms with Crippen LogP contribution in [0.3, 0.4) is 0 Å². The fourth-order valence-corrected chi connectivity index (χ4v) is 4.33. The summed E-state index contributed by atoms with van der Waals surface area (Å²) >= 11 is 1.13. The number of carbonyl (C=O) groups excluding carboxylic acids is 3. The predicted octanol–water partition coefficient (Wildman–Crippen LogP) is 3.97. The number of ether oxygens (including phenoxy) is 2. The minimum atomic E-state index is -0.651. The second-order valence-corrected chi connectivity index (χ2v) is 9.11. The van der Waals surface area contributed by atoms with Crippen LogP contribution in [0.2, 0.25) is 0 Å². The molecule has 4 aromatic rings. The van der Waals surface area contributed by atoms with Crippen LogP contribution in [0.5, 0.6) is 17.2 Å². The van der Waals surface area contributed by atoms with E-state index in [0.29, 0.717) is 48.3 Å². The number of thiazole rings is 1. The zero-order valence-corrected chi connectivity index (χ0v) is 20.7. The number of likely N-dealkylation sites (tertiary alicyclic amines) is 1. The molecule has 11 nitrogen and oxygen atoms in total. The number of hydrogen-bond donors (Lipinski definition) is 1. The fraction of sp³-hybridized carbons (Fsp3) is 0.200. The van der Waals surface area contributed by atoms with Gasteiger partial charge in [-0.2, -0.15) is 0 Å². The Morgan fingerprint density at radius 3 is 2.59 bits per heavy atom. The van der Waals surface area contributed by atoms with Gasteiger partial charge < -0.3 is 18.8 Å². The molecule has 1 fully saturated rings. The second-order valence-electron chi connectivity index (χ2n) is 8.25. The van der Waals surface area contributed by atoms with Crippen LogP contribution in [0.4, 0.5) is 5.13 Å². The van der Waals surface area contributed by atoms with Crippen molar-refractivity contribution in [3.8, 4) is 28.7 Å². The van der Waals surface area contributed by atoms with Crippen LogP contribution >= 0.6 is 11.3 Å². The molecule has 0 saturated carbocycles. The third-order valence-electron chi connectivity index (χ3n) is 5.53. The topological polar surface area (TPSA) is 137 Å². The van der Waals surface area contributed by atoms with Crippen molar-refractivity contribution in [2.75, 3.05) is 18.9 Å². The molecule has 0 aliphatic carbocycles. The lowest BCUT2D eigenvalue weighted by molar-refractivity contribution is -0.132. The lowest BCUT2D eigenvalue weighted by Crippen LogP contribution is -2.29. The molecule has 3 heterocycles. The first kappa shape index (κ1) is 24.1. The van der Waals surface area contributed by atoms with Gasteiger partial charge in [0.1, 0.15) is 22.9 Å². The van der Waals surface area contributed by atoms with E-state index in [1.807, 2.05) is 0 Å². The van der Waals surface area contributed by atoms with E-state index < -0.39 is 12.0 Å². The molecule has 1 saturated heterocycles. The third kappa shape index (κ3) is 5.48. The van der Waals surface area contributed by atoms with Gasteiger partial charge in [-0.3, -0.25) is 19.7 Å². The Morgan fingerprint density at radius 2 is 1.95 bits per heavy atom. The van der Waals surface area contributed by atoms with Crippen molar-refractivity contribution in [1.29, 1.82) is 0 Å². The van der Waals surface area contributed by atoms with Gasteiger partial charge in [0.05, 0.1) is 0 Å². The van der Waals surface area contributed by atoms with Crippen molar-refractivity contribution in [1.82, 2.24) is 20.1 Å². The van der Waals surface area contributed by atoms with E-state index >= 15 is 0 Å². The van der Waals surface area contributed by atoms with Gasteiger partial charge >= 0.3 is 0 Å². The van der Waals surface area contributed by atoms with Crippen molar-refractivity contribution >= 4 is 34.6 Å². The molecule has 1 unspecified atom stereocenters. The van der Waals surface area contributed by atoms with Gasteiger partial charge in [0, 0.05) is 49.5 Å². The Morgan fingerprint density at radius 1 is 1.16 bits per heavy atom. The predicted molar refractivity (Wildman–Crippen MR) is 133 cm³/mol. The smallest absolute Gasteiger partial charge is 0.263 e. The van der Waals surface area contributed by atoms with E-state index in [2.05, 4.69) is 20.5 Å². The molecule has 0 spiro atoms. The third-order valence-corrected chi connectivity index (χ3v) is 6.30. The number of hydrogen-bond acceptors (Lipinski definition) is 10. The second kappa shape index (κ2) is 10.2. The summed E-state index contributed by atoms with van der Waals surface area (Å²) in [5.74, 6) is 1.38. The number of nitrogens with one attached hydrogen (secondary N) is 1. The minimum absolute atomic E-state index is 0.131. The van der Waals surface area contributed by atoms with Gasteiger partial charge in [0.2, 0.25) is 11.8 Å². The Bertz CT molecular complexity index is 1460. The molecule has 1 atom stereocenters. The van der Waals surface area contributed by atoms with Crippen molar-refractivity contribution in [2.45, 2.75) is 19.4 Å². The number of anilines is 1. The molecule has 1 aliphatic heterocycles. The number of aromatic nitrogens is 3. The van der Waals surface area contributed by atoms with Crippen LogP contribution in [-0.4, -0.2) is 57.9 Å². The fourth-order valence-electron chi connectivity index (χ4n) is 3.68. The largest absolute Gasteiger partial charge is 0.480 e. The molecule has 2 amide bonds. The summed E-state index contributed by atoms with van der Waals surface area (Å²) in [5.41, 5.74) is 1.18. The summed E-state index contributed by atoms with van der Waals surface area (Å²) in [4.78, 5) is 41.9. The van der Waals surface area contributed by atoms with E-state index in [1.54, 1.807) is 55.3 Å². The van der Waals surface area contributed by atoms with Crippen LogP contribution in [0.15, 0.2) is 52.3 Å². The highest BCUT2D eigenvalue weighted by Crippen LogP contribution is 2.31. The molecule has 2 aromatic carbocycles. The maximum absolute atomic E-state index is 13.0. The molecule has 188 valence electrons. The average molecular weight is 520 g/mol. The molecule has 0 radical (unpaired) electrons. The summed E-state index contributed by atoms with van der Waals surface area (Å²) in [6.45, 7) is 2.30. The first-order valence-corrected chi connectivity index (χ1v) is 12.1. The molecule has 37 heavy (non-hydrogen) atoms. The molecule has 12 heteroatoms. The van der Waals surface area contributed by atoms with E-state index in [0.717, 1.165) is 16.9 Å². The van der Waals surface area contributed by atoms with Gasteiger partial charge in [-0.15, -0.1) is 21.5 Å². The lowest BCUT2D eigenvalue weighted by atomic mass is 10.1. The number of aryl methyl sites for hydroxylation is 1. The lowest BCUT2D eigenvalue weighted by Gasteiger charge is -2.15. The monoisotopic (exact) mass is 519 g/mol. The normalized spacial score (nSPS) is 15.0. The number of carbonyl (C=O) groups is 3. The van der Waals surface area contributed by atoms with Crippen LogP contribution in [0.1, 0.15) is 33.2 Å². The zero-order valence-electron chi connectivity index (χ0n) is 19.8. The molecule has 1 aliphatic rings. The molecule has 1 N–H and O–H groups in total. The Kier molecular flexibility index (Phi) is 6.64. The number of benzene rings is 2. The first-order valence-electron chi connectivity index (χ1n) is 11.2. The van der Waals surface area contributed by atoms with Crippen molar-refractivity contribution in [2.24, 2.45) is 0 Å². The van der Waals surface area contributed by atoms with Gasteiger partial charge in [-0.25, -0.2) is 4.98 Å². The maximum Gasteiger partial charge on any atom is 0.263 e. The van der Waals surface area contributed by atoms with Crippen molar-refractivity contribution in [3.05, 3.63) is 65.0 Å². The van der Waals surface area contributed by atoms with Crippen LogP contribution in [0.25, 0.3) is 11.5 Å². The SMILES string of the molecule is Cc1nnc(-c2ccc(Oc3cc(OC4CCN(C)C4=O)cc(C(=O)Nc4nc(C=O)cs4)c3)cc2)o1. The van der Waals surface area contributed by atoms with Crippen molar-refractivity contribution in [3.63, 3.8) is 0 Å². The highest BCUT2D eigenvalue weighted by molar-refractivity contribution is 7.14. The number of rotatable bonds is 8. The standard InChI is InChI=1S/C25H21N5O6S/c1-14-28-29-23(34-14)15-3-5-18(6-4-15)35-19-9-16(22(32)27-25-26-17(12-31)13-37-25)10-20(11-19)36-21-7-8-30(2)24(21)33/h3-6,9-13,21H,7-8H2,1-2H3,(H,26,27,32). The van der Waals surface area contributed by atoms with Crippen LogP contribution < -0.4 is 14.8 Å². The van der Waals surface area contributed by atoms with Crippen molar-refractivity contribution < 1.29 is 28.3 Å². The van der Waals surface area contributed by atoms with Gasteiger partial charge in [0.25, 0.3) is 11.8 Å². The number of nitrogens with zero attached hydrogens (tertiary/aromatic N) is 4. The van der Waals surface area contributed by atoms with E-state index in [1.165, 1.54) is 11.4 Å². The molecule has 5 rings (SSSR count). The van der Waals surface area contributed by atoms with E-state index in [9.17, 15) is 14.4 Å². The first-order chi connectivity index (χ1) is 17.9. The van der Waals surface area contributed by atoms with Gasteiger partial charge in [-0.1, -0.05) is 0 Å². The molecule has 0 bridgehead atoms. The Balaban J connectivity index is 1.40. The summed E-state index contributed by atoms with van der Waals surface area (Å²) < 4.78 is 17.4. The number of likely N-dealkylation sites (N-methyl/N-ethyl adjacent to an activating group) is 1. The summed E-state index contributed by atoms with van der Waals surface area (Å²) in [6, 6.07) is 11.7. The molecular formula is C25H21N5O6S. The van der Waals surface area contributed by atoms with Gasteiger partial charge in [-0.05, 0) is 36.4 Å². The summed E-state index contributed by atoms with van der Waals surface area (Å²) in [7, 11) is 1.71. The average Bonchev–Trinajstić information content (AvgIpc) is 3.61. The van der Waals surface area contributed by atoms with E-state index in [-0.39, 0.29) is 22.3 Å². The minimum Gasteiger partial charge on any atom is -0.480 e. The summed E-state index contributed by atoms with van der Waals surface area (Å²) in [6.07, 6.45) is 0.488. The Labute approximate surface area is 215 Å². The maximum atomic E-state index is 13.0. The van der Waals surface area contributed by atoms with E-state index in [4.69, 9.17) is 13.9 Å². The van der Waals surface area contributed by atoms with Crippen LogP contribution in [-0.2, 0) is 4.79 Å². The quantitative estimate of drug-likeness (QED) is 0.343. The number of aldehydes is 1. The zero-order chi connectivity index (χ0) is 25.9. The highest BCUT2D eigenvalue weighted by atomic mass is 32.1. The Hall–Kier alpha value is -4.58. The number of amides is 2.